The highest BCUT2D eigenvalue weighted by molar-refractivity contribution is 6.31. The zero-order chi connectivity index (χ0) is 30.7. The second-order valence-corrected chi connectivity index (χ2v) is 10.1. The van der Waals surface area contributed by atoms with Crippen LogP contribution in [0, 0.1) is 6.92 Å². The Morgan fingerprint density at radius 3 is 2.40 bits per heavy atom. The number of benzene rings is 2. The number of fused-ring (bicyclic) bond motifs is 1. The highest BCUT2D eigenvalue weighted by Crippen LogP contribution is 2.44. The first-order valence-corrected chi connectivity index (χ1v) is 13.9. The zero-order valence-corrected chi connectivity index (χ0v) is 24.8. The van der Waals surface area contributed by atoms with E-state index < -0.39 is 30.4 Å². The molecule has 1 aliphatic rings. The molecule has 220 valence electrons. The molecule has 2 aromatic carbocycles. The topological polar surface area (TPSA) is 122 Å². The van der Waals surface area contributed by atoms with Gasteiger partial charge < -0.3 is 19.5 Å². The average molecular weight is 601 g/mol. The predicted molar refractivity (Wildman–Crippen MR) is 160 cm³/mol. The predicted octanol–water partition coefficient (Wildman–Crippen LogP) is 5.03. The van der Waals surface area contributed by atoms with Crippen LogP contribution in [0.1, 0.15) is 36.7 Å². The van der Waals surface area contributed by atoms with Gasteiger partial charge in [0.25, 0.3) is 0 Å². The fraction of sp³-hybridized carbons (Fsp3) is 0.219. The van der Waals surface area contributed by atoms with Crippen molar-refractivity contribution in [1.29, 1.82) is 0 Å². The Bertz CT molecular complexity index is 1790. The lowest BCUT2D eigenvalue weighted by Gasteiger charge is -2.32. The highest BCUT2D eigenvalue weighted by Gasteiger charge is 2.40. The Morgan fingerprint density at radius 2 is 1.70 bits per heavy atom. The van der Waals surface area contributed by atoms with E-state index in [1.165, 1.54) is 7.11 Å². The van der Waals surface area contributed by atoms with E-state index in [4.69, 9.17) is 21.1 Å². The summed E-state index contributed by atoms with van der Waals surface area (Å²) < 4.78 is 17.4. The van der Waals surface area contributed by atoms with Gasteiger partial charge in [-0.05, 0) is 56.2 Å². The minimum absolute atomic E-state index is 0.108. The van der Waals surface area contributed by atoms with Gasteiger partial charge in [0, 0.05) is 22.6 Å². The molecule has 1 unspecified atom stereocenters. The minimum atomic E-state index is -0.957. The Morgan fingerprint density at radius 1 is 0.977 bits per heavy atom. The number of hydrogen-bond acceptors (Lipinski definition) is 9. The Kier molecular flexibility index (Phi) is 8.58. The lowest BCUT2D eigenvalue weighted by atomic mass is 9.79. The molecule has 10 nitrogen and oxygen atoms in total. The summed E-state index contributed by atoms with van der Waals surface area (Å²) in [6, 6.07) is 16.4. The molecule has 0 radical (unpaired) electrons. The van der Waals surface area contributed by atoms with Crippen molar-refractivity contribution >= 4 is 46.2 Å². The van der Waals surface area contributed by atoms with Gasteiger partial charge in [0.2, 0.25) is 0 Å². The quantitative estimate of drug-likeness (QED) is 0.219. The summed E-state index contributed by atoms with van der Waals surface area (Å²) in [5.41, 5.74) is 4.91. The highest BCUT2D eigenvalue weighted by atomic mass is 35.5. The number of esters is 3. The molecule has 0 amide bonds. The summed E-state index contributed by atoms with van der Waals surface area (Å²) in [5, 5.41) is 3.58. The Labute approximate surface area is 252 Å². The maximum atomic E-state index is 13.7. The van der Waals surface area contributed by atoms with Gasteiger partial charge in [0.1, 0.15) is 11.3 Å². The van der Waals surface area contributed by atoms with Crippen LogP contribution in [0.15, 0.2) is 83.8 Å². The van der Waals surface area contributed by atoms with Crippen molar-refractivity contribution in [2.24, 2.45) is 0 Å². The molecule has 11 heteroatoms. The summed E-state index contributed by atoms with van der Waals surface area (Å²) in [5.74, 6) is -2.31. The first-order chi connectivity index (χ1) is 20.7. The molecular formula is C32H29ClN4O6. The van der Waals surface area contributed by atoms with Crippen molar-refractivity contribution < 1.29 is 28.6 Å². The van der Waals surface area contributed by atoms with E-state index >= 15 is 0 Å². The molecule has 0 aliphatic carbocycles. The van der Waals surface area contributed by atoms with Crippen molar-refractivity contribution in [1.82, 2.24) is 19.9 Å². The van der Waals surface area contributed by atoms with Gasteiger partial charge in [0.15, 0.2) is 6.61 Å². The number of nitrogens with one attached hydrogen (secondary N) is 1. The van der Waals surface area contributed by atoms with Crippen molar-refractivity contribution in [2.45, 2.75) is 26.7 Å². The smallest absolute Gasteiger partial charge is 0.344 e. The van der Waals surface area contributed by atoms with E-state index in [1.54, 1.807) is 50.5 Å². The second-order valence-electron chi connectivity index (χ2n) is 9.69. The fourth-order valence-corrected chi connectivity index (χ4v) is 5.44. The minimum Gasteiger partial charge on any atom is -0.466 e. The number of nitrogens with zero attached hydrogens (tertiary/aromatic N) is 3. The third-order valence-electron chi connectivity index (χ3n) is 7.08. The number of dihydropyridines is 1. The van der Waals surface area contributed by atoms with Gasteiger partial charge in [-0.1, -0.05) is 41.9 Å². The molecule has 1 atom stereocenters. The molecule has 0 bridgehead atoms. The summed E-state index contributed by atoms with van der Waals surface area (Å²) in [6.07, 6.45) is 3.43. The Hall–Kier alpha value is -4.96. The molecular weight excluding hydrogens is 572 g/mol. The third kappa shape index (κ3) is 5.74. The van der Waals surface area contributed by atoms with Gasteiger partial charge in [0.05, 0.1) is 48.2 Å². The monoisotopic (exact) mass is 600 g/mol. The summed E-state index contributed by atoms with van der Waals surface area (Å²) in [7, 11) is 1.20. The molecule has 1 aliphatic heterocycles. The van der Waals surface area contributed by atoms with Crippen LogP contribution in [-0.2, 0) is 28.6 Å². The molecule has 4 aromatic rings. The molecule has 43 heavy (non-hydrogen) atoms. The number of pyridine rings is 1. The Balaban J connectivity index is 1.65. The number of carbonyl (C=O) groups is 3. The van der Waals surface area contributed by atoms with Crippen LogP contribution in [0.4, 0.5) is 0 Å². The van der Waals surface area contributed by atoms with Crippen molar-refractivity contribution in [3.8, 4) is 5.69 Å². The van der Waals surface area contributed by atoms with E-state index in [0.717, 1.165) is 22.5 Å². The number of methoxy groups -OCH3 is 1. The molecule has 2 aromatic heterocycles. The van der Waals surface area contributed by atoms with Crippen LogP contribution in [-0.4, -0.2) is 52.8 Å². The van der Waals surface area contributed by atoms with Gasteiger partial charge in [-0.3, -0.25) is 9.55 Å². The SMILES string of the molecule is CCOC(=O)C1=C(c2ccc(-n3c(C)nc4cnccc43)cc2)NC(C)=C(C(=O)OCC(=O)OC)C1c1ccccc1Cl. The maximum absolute atomic E-state index is 13.7. The molecule has 0 saturated carbocycles. The van der Waals surface area contributed by atoms with E-state index in [2.05, 4.69) is 20.0 Å². The van der Waals surface area contributed by atoms with Crippen LogP contribution in [0.25, 0.3) is 22.4 Å². The number of aryl methyl sites for hydroxylation is 1. The normalized spacial score (nSPS) is 14.9. The molecule has 5 rings (SSSR count). The summed E-state index contributed by atoms with van der Waals surface area (Å²) in [4.78, 5) is 47.6. The van der Waals surface area contributed by atoms with Crippen molar-refractivity contribution in [2.75, 3.05) is 20.3 Å². The van der Waals surface area contributed by atoms with Gasteiger partial charge in [-0.25, -0.2) is 19.4 Å². The van der Waals surface area contributed by atoms with E-state index in [0.29, 0.717) is 27.5 Å². The van der Waals surface area contributed by atoms with Crippen molar-refractivity contribution in [3.63, 3.8) is 0 Å². The number of carbonyl (C=O) groups excluding carboxylic acids is 3. The van der Waals surface area contributed by atoms with Gasteiger partial charge >= 0.3 is 17.9 Å². The molecule has 0 fully saturated rings. The standard InChI is InChI=1S/C32H29ClN4O6/c1-5-42-32(40)29-28(22-8-6-7-9-23(22)33)27(31(39)43-17-26(38)41-4)18(2)35-30(29)20-10-12-21(13-11-20)37-19(3)36-24-16-34-15-14-25(24)37/h6-16,28,35H,5,17H2,1-4H3. The number of halogens is 1. The molecule has 1 N–H and O–H groups in total. The van der Waals surface area contributed by atoms with Crippen LogP contribution in [0.2, 0.25) is 5.02 Å². The fourth-order valence-electron chi connectivity index (χ4n) is 5.19. The van der Waals surface area contributed by atoms with E-state index in [1.807, 2.05) is 41.8 Å². The van der Waals surface area contributed by atoms with Gasteiger partial charge in [-0.2, -0.15) is 0 Å². The first-order valence-electron chi connectivity index (χ1n) is 13.5. The molecule has 0 saturated heterocycles. The number of ether oxygens (including phenoxy) is 3. The second kappa shape index (κ2) is 12.5. The maximum Gasteiger partial charge on any atom is 0.344 e. The van der Waals surface area contributed by atoms with E-state index in [9.17, 15) is 14.4 Å². The van der Waals surface area contributed by atoms with E-state index in [-0.39, 0.29) is 17.8 Å². The van der Waals surface area contributed by atoms with Crippen LogP contribution >= 0.6 is 11.6 Å². The van der Waals surface area contributed by atoms with Crippen LogP contribution < -0.4 is 5.32 Å². The van der Waals surface area contributed by atoms with Crippen molar-refractivity contribution in [3.05, 3.63) is 106 Å². The van der Waals surface area contributed by atoms with Gasteiger partial charge in [-0.15, -0.1) is 0 Å². The lowest BCUT2D eigenvalue weighted by Crippen LogP contribution is -2.33. The zero-order valence-electron chi connectivity index (χ0n) is 24.0. The number of aromatic nitrogens is 3. The van der Waals surface area contributed by atoms with Crippen LogP contribution in [0.5, 0.6) is 0 Å². The third-order valence-corrected chi connectivity index (χ3v) is 7.43. The first kappa shape index (κ1) is 29.5. The van der Waals surface area contributed by atoms with Crippen LogP contribution in [0.3, 0.4) is 0 Å². The summed E-state index contributed by atoms with van der Waals surface area (Å²) >= 11 is 6.65. The summed E-state index contributed by atoms with van der Waals surface area (Å²) in [6.45, 7) is 4.83. The molecule has 0 spiro atoms. The lowest BCUT2D eigenvalue weighted by molar-refractivity contribution is -0.154. The average Bonchev–Trinajstić information content (AvgIpc) is 3.35. The number of imidazole rings is 1. The largest absolute Gasteiger partial charge is 0.466 e. The number of hydrogen-bond donors (Lipinski definition) is 1. The number of allylic oxidation sites excluding steroid dienone is 1. The molecule has 3 heterocycles. The number of rotatable bonds is 8.